The van der Waals surface area contributed by atoms with Gasteiger partial charge in [0.2, 0.25) is 6.29 Å². The molecule has 1 aromatic carbocycles. The first kappa shape index (κ1) is 10.9. The molecule has 0 radical (unpaired) electrons. The van der Waals surface area contributed by atoms with E-state index >= 15 is 0 Å². The van der Waals surface area contributed by atoms with Crippen molar-refractivity contribution in [3.8, 4) is 11.3 Å². The summed E-state index contributed by atoms with van der Waals surface area (Å²) in [6.45, 7) is 0. The number of carbonyl (C=O) groups excluding carboxylic acids is 1. The van der Waals surface area contributed by atoms with Crippen molar-refractivity contribution in [1.82, 2.24) is 4.98 Å². The Morgan fingerprint density at radius 2 is 2.06 bits per heavy atom. The van der Waals surface area contributed by atoms with Gasteiger partial charge in [-0.25, -0.2) is 4.79 Å². The van der Waals surface area contributed by atoms with Crippen LogP contribution < -0.4 is 0 Å². The topological polar surface area (TPSA) is 59.4 Å². The fourth-order valence-electron chi connectivity index (χ4n) is 2.03. The molecule has 0 bridgehead atoms. The molecule has 0 saturated heterocycles. The van der Waals surface area contributed by atoms with Gasteiger partial charge in [-0.05, 0) is 11.6 Å². The van der Waals surface area contributed by atoms with Gasteiger partial charge in [0.1, 0.15) is 0 Å². The third-order valence-electron chi connectivity index (χ3n) is 2.92. The fourth-order valence-corrected chi connectivity index (χ4v) is 2.03. The van der Waals surface area contributed by atoms with E-state index in [-0.39, 0.29) is 0 Å². The number of pyridine rings is 1. The first-order valence-corrected chi connectivity index (χ1v) is 5.67. The highest BCUT2D eigenvalue weighted by atomic mass is 16.6. The van der Waals surface area contributed by atoms with E-state index in [4.69, 9.17) is 4.74 Å². The number of cyclic esters (lactones) is 1. The molecule has 1 atom stereocenters. The molecule has 18 heavy (non-hydrogen) atoms. The molecule has 0 saturated carbocycles. The number of aliphatic hydroxyl groups excluding tert-OH is 1. The highest BCUT2D eigenvalue weighted by molar-refractivity contribution is 5.92. The summed E-state index contributed by atoms with van der Waals surface area (Å²) in [4.78, 5) is 15.8. The van der Waals surface area contributed by atoms with Crippen LogP contribution in [0.4, 0.5) is 0 Å². The molecule has 1 N–H and O–H groups in total. The van der Waals surface area contributed by atoms with Crippen molar-refractivity contribution >= 4 is 5.97 Å². The van der Waals surface area contributed by atoms with Crippen LogP contribution in [0.25, 0.3) is 11.3 Å². The lowest BCUT2D eigenvalue weighted by molar-refractivity contribution is -0.0687. The summed E-state index contributed by atoms with van der Waals surface area (Å²) in [6.07, 6.45) is 0.756. The minimum absolute atomic E-state index is 0.309. The maximum Gasteiger partial charge on any atom is 0.342 e. The van der Waals surface area contributed by atoms with Crippen molar-refractivity contribution < 1.29 is 14.6 Å². The minimum atomic E-state index is -1.06. The Labute approximate surface area is 104 Å². The van der Waals surface area contributed by atoms with Crippen LogP contribution in [0.3, 0.4) is 0 Å². The van der Waals surface area contributed by atoms with Gasteiger partial charge in [-0.2, -0.15) is 0 Å². The van der Waals surface area contributed by atoms with E-state index in [1.165, 1.54) is 6.20 Å². The van der Waals surface area contributed by atoms with Gasteiger partial charge < -0.3 is 9.84 Å². The van der Waals surface area contributed by atoms with E-state index in [2.05, 4.69) is 4.98 Å². The molecule has 90 valence electrons. The van der Waals surface area contributed by atoms with Crippen molar-refractivity contribution in [1.29, 1.82) is 0 Å². The highest BCUT2D eigenvalue weighted by Crippen LogP contribution is 2.24. The van der Waals surface area contributed by atoms with E-state index < -0.39 is 12.3 Å². The van der Waals surface area contributed by atoms with Gasteiger partial charge in [0, 0.05) is 18.2 Å². The molecule has 0 aliphatic carbocycles. The second-order valence-corrected chi connectivity index (χ2v) is 4.16. The number of benzene rings is 1. The van der Waals surface area contributed by atoms with E-state index in [1.807, 2.05) is 36.4 Å². The smallest absolute Gasteiger partial charge is 0.342 e. The number of hydrogen-bond donors (Lipinski definition) is 1. The Balaban J connectivity index is 2.06. The van der Waals surface area contributed by atoms with Crippen molar-refractivity contribution in [2.45, 2.75) is 12.7 Å². The number of aromatic nitrogens is 1. The van der Waals surface area contributed by atoms with Crippen molar-refractivity contribution in [3.63, 3.8) is 0 Å². The molecule has 0 fully saturated rings. The van der Waals surface area contributed by atoms with E-state index in [9.17, 15) is 9.90 Å². The Bertz CT molecular complexity index is 595. The molecule has 2 aromatic rings. The molecular weight excluding hydrogens is 230 g/mol. The summed E-state index contributed by atoms with van der Waals surface area (Å²) in [5.74, 6) is -0.518. The van der Waals surface area contributed by atoms with Crippen LogP contribution in [0.1, 0.15) is 15.9 Å². The summed E-state index contributed by atoms with van der Waals surface area (Å²) in [7, 11) is 0. The maximum absolute atomic E-state index is 11.5. The van der Waals surface area contributed by atoms with Gasteiger partial charge in [0.25, 0.3) is 0 Å². The number of aliphatic hydroxyl groups is 1. The lowest BCUT2D eigenvalue weighted by atomic mass is 10.0. The first-order chi connectivity index (χ1) is 8.74. The molecule has 4 heteroatoms. The van der Waals surface area contributed by atoms with Gasteiger partial charge in [-0.3, -0.25) is 4.98 Å². The molecule has 1 aromatic heterocycles. The summed E-state index contributed by atoms with van der Waals surface area (Å²) in [6, 6.07) is 11.5. The lowest BCUT2D eigenvalue weighted by Gasteiger charge is -2.20. The molecular formula is C14H11NO3. The number of esters is 1. The SMILES string of the molecule is O=C1OC(O)Cc2cc(-c3ccccc3)ncc21. The fraction of sp³-hybridized carbons (Fsp3) is 0.143. The molecule has 3 rings (SSSR count). The molecule has 1 aliphatic heterocycles. The van der Waals surface area contributed by atoms with Gasteiger partial charge in [-0.15, -0.1) is 0 Å². The standard InChI is InChI=1S/C14H11NO3/c16-13-7-10-6-12(9-4-2-1-3-5-9)15-8-11(10)14(17)18-13/h1-6,8,13,16H,7H2. The van der Waals surface area contributed by atoms with Crippen LogP contribution in [0.5, 0.6) is 0 Å². The quantitative estimate of drug-likeness (QED) is 0.773. The zero-order valence-corrected chi connectivity index (χ0v) is 9.54. The summed E-state index contributed by atoms with van der Waals surface area (Å²) < 4.78 is 4.73. The predicted octanol–water partition coefficient (Wildman–Crippen LogP) is 1.78. The first-order valence-electron chi connectivity index (χ1n) is 5.67. The van der Waals surface area contributed by atoms with Crippen LogP contribution in [-0.2, 0) is 11.2 Å². The average Bonchev–Trinajstić information content (AvgIpc) is 2.39. The molecule has 4 nitrogen and oxygen atoms in total. The van der Waals surface area contributed by atoms with Gasteiger partial charge >= 0.3 is 5.97 Å². The number of nitrogens with zero attached hydrogens (tertiary/aromatic N) is 1. The number of hydrogen-bond acceptors (Lipinski definition) is 4. The largest absolute Gasteiger partial charge is 0.432 e. The van der Waals surface area contributed by atoms with E-state index in [0.29, 0.717) is 12.0 Å². The Hall–Kier alpha value is -2.20. The van der Waals surface area contributed by atoms with Crippen LogP contribution >= 0.6 is 0 Å². The van der Waals surface area contributed by atoms with Crippen molar-refractivity contribution in [2.24, 2.45) is 0 Å². The zero-order chi connectivity index (χ0) is 12.5. The second-order valence-electron chi connectivity index (χ2n) is 4.16. The maximum atomic E-state index is 11.5. The van der Waals surface area contributed by atoms with Crippen molar-refractivity contribution in [2.75, 3.05) is 0 Å². The number of rotatable bonds is 1. The van der Waals surface area contributed by atoms with E-state index in [0.717, 1.165) is 16.8 Å². The number of carbonyl (C=O) groups is 1. The predicted molar refractivity (Wildman–Crippen MR) is 64.8 cm³/mol. The number of fused-ring (bicyclic) bond motifs is 1. The molecule has 0 amide bonds. The third-order valence-corrected chi connectivity index (χ3v) is 2.92. The van der Waals surface area contributed by atoms with Crippen molar-refractivity contribution in [3.05, 3.63) is 53.7 Å². The van der Waals surface area contributed by atoms with Gasteiger partial charge in [-0.1, -0.05) is 30.3 Å². The monoisotopic (exact) mass is 241 g/mol. The zero-order valence-electron chi connectivity index (χ0n) is 9.54. The normalized spacial score (nSPS) is 18.1. The lowest BCUT2D eigenvalue weighted by Crippen LogP contribution is -2.27. The Morgan fingerprint density at radius 1 is 1.28 bits per heavy atom. The van der Waals surface area contributed by atoms with Gasteiger partial charge in [0.15, 0.2) is 0 Å². The Morgan fingerprint density at radius 3 is 2.83 bits per heavy atom. The molecule has 2 heterocycles. The Kier molecular flexibility index (Phi) is 2.57. The summed E-state index contributed by atoms with van der Waals surface area (Å²) >= 11 is 0. The molecule has 0 spiro atoms. The highest BCUT2D eigenvalue weighted by Gasteiger charge is 2.25. The minimum Gasteiger partial charge on any atom is -0.432 e. The molecule has 1 aliphatic rings. The van der Waals surface area contributed by atoms with Crippen LogP contribution in [0, 0.1) is 0 Å². The van der Waals surface area contributed by atoms with Crippen LogP contribution in [0.2, 0.25) is 0 Å². The van der Waals surface area contributed by atoms with Crippen LogP contribution in [-0.4, -0.2) is 22.3 Å². The van der Waals surface area contributed by atoms with Gasteiger partial charge in [0.05, 0.1) is 11.3 Å². The summed E-state index contributed by atoms with van der Waals surface area (Å²) in [5, 5.41) is 9.42. The van der Waals surface area contributed by atoms with E-state index in [1.54, 1.807) is 0 Å². The van der Waals surface area contributed by atoms with Crippen LogP contribution in [0.15, 0.2) is 42.6 Å². The third kappa shape index (κ3) is 1.87. The molecule has 1 unspecified atom stereocenters. The summed E-state index contributed by atoms with van der Waals surface area (Å²) in [5.41, 5.74) is 2.97. The second kappa shape index (κ2) is 4.23. The average molecular weight is 241 g/mol. The number of ether oxygens (including phenoxy) is 1.